The van der Waals surface area contributed by atoms with Crippen molar-refractivity contribution in [3.63, 3.8) is 0 Å². The molecule has 0 aliphatic carbocycles. The van der Waals surface area contributed by atoms with E-state index in [1.807, 2.05) is 30.8 Å². The Morgan fingerprint density at radius 2 is 2.26 bits per heavy atom. The van der Waals surface area contributed by atoms with Gasteiger partial charge < -0.3 is 14.3 Å². The molecule has 2 rings (SSSR count). The highest BCUT2D eigenvalue weighted by atomic mass is 16.5. The van der Waals surface area contributed by atoms with Crippen LogP contribution in [0.3, 0.4) is 0 Å². The maximum atomic E-state index is 12.2. The number of carbonyl (C=O) groups excluding carboxylic acids is 1. The number of amides is 1. The summed E-state index contributed by atoms with van der Waals surface area (Å²) < 4.78 is 5.31. The van der Waals surface area contributed by atoms with Gasteiger partial charge in [-0.1, -0.05) is 5.16 Å². The molecule has 1 aliphatic heterocycles. The number of carbonyl (C=O) groups is 1. The first-order valence-corrected chi connectivity index (χ1v) is 6.64. The third-order valence-electron chi connectivity index (χ3n) is 3.54. The fourth-order valence-corrected chi connectivity index (χ4v) is 2.54. The van der Waals surface area contributed by atoms with Crippen LogP contribution in [0.15, 0.2) is 4.52 Å². The van der Waals surface area contributed by atoms with E-state index in [4.69, 9.17) is 4.52 Å². The molecule has 1 fully saturated rings. The minimum absolute atomic E-state index is 0.159. The van der Waals surface area contributed by atoms with Crippen molar-refractivity contribution in [3.05, 3.63) is 11.7 Å². The largest absolute Gasteiger partial charge is 0.341 e. The maximum Gasteiger partial charge on any atom is 0.236 e. The third kappa shape index (κ3) is 3.12. The van der Waals surface area contributed by atoms with Crippen LogP contribution in [0, 0.1) is 6.92 Å². The van der Waals surface area contributed by atoms with Crippen molar-refractivity contribution in [2.24, 2.45) is 0 Å². The number of rotatable bonds is 3. The second-order valence-corrected chi connectivity index (χ2v) is 5.86. The Bertz CT molecular complexity index is 457. The molecular formula is C13H22N4O2. The van der Waals surface area contributed by atoms with E-state index in [0.717, 1.165) is 19.4 Å². The molecule has 6 nitrogen and oxygen atoms in total. The third-order valence-corrected chi connectivity index (χ3v) is 3.54. The van der Waals surface area contributed by atoms with Crippen LogP contribution in [-0.4, -0.2) is 59.6 Å². The lowest BCUT2D eigenvalue weighted by molar-refractivity contribution is -0.134. The van der Waals surface area contributed by atoms with Crippen LogP contribution in [0.25, 0.3) is 0 Å². The summed E-state index contributed by atoms with van der Waals surface area (Å²) in [5, 5.41) is 3.86. The van der Waals surface area contributed by atoms with Crippen molar-refractivity contribution in [1.82, 2.24) is 19.9 Å². The molecule has 1 aromatic heterocycles. The minimum atomic E-state index is -0.221. The normalized spacial score (nSPS) is 23.9. The number of hydrogen-bond acceptors (Lipinski definition) is 5. The number of nitrogens with zero attached hydrogens (tertiary/aromatic N) is 4. The zero-order valence-electron chi connectivity index (χ0n) is 12.1. The van der Waals surface area contributed by atoms with Gasteiger partial charge in [-0.15, -0.1) is 0 Å². The van der Waals surface area contributed by atoms with Gasteiger partial charge in [0.25, 0.3) is 0 Å². The van der Waals surface area contributed by atoms with Crippen LogP contribution in [0.5, 0.6) is 0 Å². The fraction of sp³-hybridized carbons (Fsp3) is 0.769. The van der Waals surface area contributed by atoms with Crippen molar-refractivity contribution in [2.75, 3.05) is 33.7 Å². The first-order valence-electron chi connectivity index (χ1n) is 6.64. The van der Waals surface area contributed by atoms with E-state index >= 15 is 0 Å². The number of hydrogen-bond donors (Lipinski definition) is 0. The van der Waals surface area contributed by atoms with E-state index in [0.29, 0.717) is 24.8 Å². The van der Waals surface area contributed by atoms with Gasteiger partial charge in [-0.25, -0.2) is 0 Å². The summed E-state index contributed by atoms with van der Waals surface area (Å²) >= 11 is 0. The summed E-state index contributed by atoms with van der Waals surface area (Å²) in [7, 11) is 3.81. The van der Waals surface area contributed by atoms with Crippen molar-refractivity contribution in [1.29, 1.82) is 0 Å². The molecule has 0 spiro atoms. The van der Waals surface area contributed by atoms with E-state index in [9.17, 15) is 4.79 Å². The van der Waals surface area contributed by atoms with Crippen molar-refractivity contribution in [3.8, 4) is 0 Å². The van der Waals surface area contributed by atoms with Crippen molar-refractivity contribution < 1.29 is 9.32 Å². The lowest BCUT2D eigenvalue weighted by Gasteiger charge is -2.38. The summed E-state index contributed by atoms with van der Waals surface area (Å²) in [6, 6.07) is 0. The van der Waals surface area contributed by atoms with Gasteiger partial charge in [0.05, 0.1) is 12.0 Å². The lowest BCUT2D eigenvalue weighted by atomic mass is 9.81. The molecule has 0 unspecified atom stereocenters. The van der Waals surface area contributed by atoms with Crippen LogP contribution in [-0.2, 0) is 10.2 Å². The zero-order valence-corrected chi connectivity index (χ0v) is 12.1. The first-order chi connectivity index (χ1) is 8.90. The highest BCUT2D eigenvalue weighted by molar-refractivity contribution is 5.78. The second-order valence-electron chi connectivity index (χ2n) is 5.86. The molecule has 1 saturated heterocycles. The SMILES string of the molecule is Cc1noc([C@]2(C)CCCN(C(=O)CN(C)C)C2)n1. The van der Waals surface area contributed by atoms with Crippen molar-refractivity contribution >= 4 is 5.91 Å². The molecule has 1 atom stereocenters. The molecule has 0 aromatic carbocycles. The molecule has 106 valence electrons. The number of aromatic nitrogens is 2. The Balaban J connectivity index is 2.10. The van der Waals surface area contributed by atoms with Crippen LogP contribution in [0.4, 0.5) is 0 Å². The van der Waals surface area contributed by atoms with E-state index in [1.165, 1.54) is 0 Å². The highest BCUT2D eigenvalue weighted by Gasteiger charge is 2.38. The van der Waals surface area contributed by atoms with Gasteiger partial charge in [-0.2, -0.15) is 4.98 Å². The Hall–Kier alpha value is -1.43. The fourth-order valence-electron chi connectivity index (χ4n) is 2.54. The van der Waals surface area contributed by atoms with E-state index in [1.54, 1.807) is 0 Å². The highest BCUT2D eigenvalue weighted by Crippen LogP contribution is 2.32. The Labute approximate surface area is 113 Å². The number of aryl methyl sites for hydroxylation is 1. The molecule has 1 aromatic rings. The monoisotopic (exact) mass is 266 g/mol. The quantitative estimate of drug-likeness (QED) is 0.810. The average Bonchev–Trinajstić information content (AvgIpc) is 2.76. The lowest BCUT2D eigenvalue weighted by Crippen LogP contribution is -2.49. The van der Waals surface area contributed by atoms with Gasteiger partial charge in [-0.05, 0) is 40.8 Å². The minimum Gasteiger partial charge on any atom is -0.341 e. The molecule has 1 amide bonds. The molecule has 0 bridgehead atoms. The Morgan fingerprint density at radius 1 is 1.53 bits per heavy atom. The van der Waals surface area contributed by atoms with Gasteiger partial charge in [0.2, 0.25) is 11.8 Å². The number of piperidine rings is 1. The van der Waals surface area contributed by atoms with Gasteiger partial charge in [0.15, 0.2) is 5.82 Å². The topological polar surface area (TPSA) is 62.5 Å². The number of likely N-dealkylation sites (N-methyl/N-ethyl adjacent to an activating group) is 1. The molecule has 2 heterocycles. The standard InChI is InChI=1S/C13H22N4O2/c1-10-14-12(19-15-10)13(2)6-5-7-17(9-13)11(18)8-16(3)4/h5-9H2,1-4H3/t13-/m1/s1. The predicted molar refractivity (Wildman–Crippen MR) is 70.8 cm³/mol. The van der Waals surface area contributed by atoms with Crippen molar-refractivity contribution in [2.45, 2.75) is 32.1 Å². The first kappa shape index (κ1) is 14.0. The summed E-state index contributed by atoms with van der Waals surface area (Å²) in [5.74, 6) is 1.45. The predicted octanol–water partition coefficient (Wildman–Crippen LogP) is 0.820. The van der Waals surface area contributed by atoms with E-state index < -0.39 is 0 Å². The molecule has 19 heavy (non-hydrogen) atoms. The van der Waals surface area contributed by atoms with Gasteiger partial charge in [0, 0.05) is 13.1 Å². The summed E-state index contributed by atoms with van der Waals surface area (Å²) in [4.78, 5) is 20.3. The number of likely N-dealkylation sites (tertiary alicyclic amines) is 1. The van der Waals surface area contributed by atoms with Gasteiger partial charge >= 0.3 is 0 Å². The summed E-state index contributed by atoms with van der Waals surface area (Å²) in [6.45, 7) is 5.82. The summed E-state index contributed by atoms with van der Waals surface area (Å²) in [6.07, 6.45) is 1.94. The maximum absolute atomic E-state index is 12.2. The molecule has 0 radical (unpaired) electrons. The average molecular weight is 266 g/mol. The van der Waals surface area contributed by atoms with Crippen LogP contribution in [0.2, 0.25) is 0 Å². The van der Waals surface area contributed by atoms with E-state index in [2.05, 4.69) is 17.1 Å². The van der Waals surface area contributed by atoms with Gasteiger partial charge in [0.1, 0.15) is 0 Å². The molecule has 0 N–H and O–H groups in total. The summed E-state index contributed by atoms with van der Waals surface area (Å²) in [5.41, 5.74) is -0.221. The Morgan fingerprint density at radius 3 is 2.84 bits per heavy atom. The zero-order chi connectivity index (χ0) is 14.0. The smallest absolute Gasteiger partial charge is 0.236 e. The second kappa shape index (κ2) is 5.28. The molecule has 0 saturated carbocycles. The van der Waals surface area contributed by atoms with Gasteiger partial charge in [-0.3, -0.25) is 4.79 Å². The molecular weight excluding hydrogens is 244 g/mol. The molecule has 1 aliphatic rings. The van der Waals surface area contributed by atoms with Crippen LogP contribution in [0.1, 0.15) is 31.5 Å². The van der Waals surface area contributed by atoms with Crippen LogP contribution < -0.4 is 0 Å². The van der Waals surface area contributed by atoms with E-state index in [-0.39, 0.29) is 11.3 Å². The molecule has 6 heteroatoms. The van der Waals surface area contributed by atoms with Crippen LogP contribution >= 0.6 is 0 Å². The Kier molecular flexibility index (Phi) is 3.89.